The zero-order valence-electron chi connectivity index (χ0n) is 11.0. The van der Waals surface area contributed by atoms with Gasteiger partial charge in [0, 0.05) is 19.0 Å². The van der Waals surface area contributed by atoms with Gasteiger partial charge in [0.2, 0.25) is 5.91 Å². The van der Waals surface area contributed by atoms with Gasteiger partial charge in [0.15, 0.2) is 0 Å². The standard InChI is InChI=1S/C11H20BN3O4/c1-7(13)9(16)15-5-8-3-2-4-12(18)19-10(17)11(8,14)6-15/h7-8,18H,2-6,13-14H2,1H3/t7-,8-,11-/m0/s1. The Hall–Kier alpha value is -1.12. The number of nitrogens with zero attached hydrogens (tertiary/aromatic N) is 1. The summed E-state index contributed by atoms with van der Waals surface area (Å²) in [6.45, 7) is 2.12. The molecule has 5 N–H and O–H groups in total. The Kier molecular flexibility index (Phi) is 3.84. The van der Waals surface area contributed by atoms with Crippen LogP contribution in [0.25, 0.3) is 0 Å². The number of hydrogen-bond acceptors (Lipinski definition) is 6. The van der Waals surface area contributed by atoms with Crippen LogP contribution >= 0.6 is 0 Å². The van der Waals surface area contributed by atoms with Crippen LogP contribution in [-0.4, -0.2) is 53.6 Å². The molecule has 0 unspecified atom stereocenters. The van der Waals surface area contributed by atoms with Gasteiger partial charge in [-0.05, 0) is 19.7 Å². The highest BCUT2D eigenvalue weighted by Gasteiger charge is 2.53. The Bertz CT molecular complexity index is 392. The van der Waals surface area contributed by atoms with Crippen molar-refractivity contribution in [2.75, 3.05) is 13.1 Å². The fraction of sp³-hybridized carbons (Fsp3) is 0.818. The van der Waals surface area contributed by atoms with Gasteiger partial charge in [0.05, 0.1) is 6.04 Å². The predicted molar refractivity (Wildman–Crippen MR) is 68.7 cm³/mol. The minimum absolute atomic E-state index is 0.101. The topological polar surface area (TPSA) is 119 Å². The average Bonchev–Trinajstić information content (AvgIpc) is 2.65. The lowest BCUT2D eigenvalue weighted by atomic mass is 9.75. The van der Waals surface area contributed by atoms with Crippen molar-refractivity contribution in [2.45, 2.75) is 37.7 Å². The summed E-state index contributed by atoms with van der Waals surface area (Å²) in [7, 11) is -1.10. The van der Waals surface area contributed by atoms with Gasteiger partial charge in [-0.1, -0.05) is 6.42 Å². The first kappa shape index (κ1) is 14.3. The predicted octanol–water partition coefficient (Wildman–Crippen LogP) is -1.69. The van der Waals surface area contributed by atoms with E-state index in [1.165, 1.54) is 4.90 Å². The molecular formula is C11H20BN3O4. The highest BCUT2D eigenvalue weighted by Crippen LogP contribution is 2.33. The lowest BCUT2D eigenvalue weighted by Crippen LogP contribution is -2.58. The lowest BCUT2D eigenvalue weighted by molar-refractivity contribution is -0.143. The lowest BCUT2D eigenvalue weighted by Gasteiger charge is -2.30. The number of rotatable bonds is 1. The van der Waals surface area contributed by atoms with E-state index in [0.717, 1.165) is 0 Å². The largest absolute Gasteiger partial charge is 0.524 e. The van der Waals surface area contributed by atoms with Crippen LogP contribution < -0.4 is 11.5 Å². The maximum Gasteiger partial charge on any atom is 0.524 e. The molecule has 2 fully saturated rings. The van der Waals surface area contributed by atoms with Gasteiger partial charge < -0.3 is 26.0 Å². The second-order valence-corrected chi connectivity index (χ2v) is 5.54. The molecule has 0 aliphatic carbocycles. The summed E-state index contributed by atoms with van der Waals surface area (Å²) in [5, 5.41) is 9.48. The summed E-state index contributed by atoms with van der Waals surface area (Å²) in [5.74, 6) is -0.996. The third-order valence-electron chi connectivity index (χ3n) is 3.95. The van der Waals surface area contributed by atoms with Crippen LogP contribution in [0.2, 0.25) is 6.32 Å². The van der Waals surface area contributed by atoms with Gasteiger partial charge in [-0.15, -0.1) is 0 Å². The maximum atomic E-state index is 12.0. The van der Waals surface area contributed by atoms with Crippen molar-refractivity contribution in [1.82, 2.24) is 4.90 Å². The number of hydrogen-bond donors (Lipinski definition) is 3. The number of amides is 1. The quantitative estimate of drug-likeness (QED) is 0.488. The second kappa shape index (κ2) is 5.11. The molecule has 0 aromatic heterocycles. The van der Waals surface area contributed by atoms with Crippen LogP contribution in [0.4, 0.5) is 0 Å². The Morgan fingerprint density at radius 1 is 1.68 bits per heavy atom. The van der Waals surface area contributed by atoms with E-state index in [-0.39, 0.29) is 18.4 Å². The smallest absolute Gasteiger partial charge is 0.508 e. The second-order valence-electron chi connectivity index (χ2n) is 5.54. The minimum atomic E-state index is -1.23. The van der Waals surface area contributed by atoms with Gasteiger partial charge in [0.25, 0.3) is 0 Å². The van der Waals surface area contributed by atoms with Crippen molar-refractivity contribution in [3.8, 4) is 0 Å². The average molecular weight is 269 g/mol. The molecule has 2 rings (SSSR count). The Labute approximate surface area is 112 Å². The van der Waals surface area contributed by atoms with E-state index in [1.807, 2.05) is 0 Å². The van der Waals surface area contributed by atoms with E-state index in [4.69, 9.17) is 16.1 Å². The zero-order chi connectivity index (χ0) is 14.2. The third-order valence-corrected chi connectivity index (χ3v) is 3.95. The number of nitrogens with two attached hydrogens (primary N) is 2. The van der Waals surface area contributed by atoms with Gasteiger partial charge in [-0.2, -0.15) is 0 Å². The van der Waals surface area contributed by atoms with Gasteiger partial charge in [0.1, 0.15) is 5.54 Å². The monoisotopic (exact) mass is 269 g/mol. The van der Waals surface area contributed by atoms with Crippen LogP contribution in [-0.2, 0) is 14.2 Å². The van der Waals surface area contributed by atoms with Gasteiger partial charge >= 0.3 is 13.1 Å². The number of fused-ring (bicyclic) bond motifs is 1. The Morgan fingerprint density at radius 2 is 2.37 bits per heavy atom. The van der Waals surface area contributed by atoms with E-state index in [1.54, 1.807) is 6.92 Å². The summed E-state index contributed by atoms with van der Waals surface area (Å²) in [6, 6.07) is -0.616. The molecule has 2 heterocycles. The van der Waals surface area contributed by atoms with Crippen molar-refractivity contribution in [2.24, 2.45) is 17.4 Å². The molecule has 0 saturated carbocycles. The molecule has 0 aromatic carbocycles. The highest BCUT2D eigenvalue weighted by molar-refractivity contribution is 6.45. The minimum Gasteiger partial charge on any atom is -0.508 e. The first-order chi connectivity index (χ1) is 8.84. The molecule has 0 radical (unpaired) electrons. The van der Waals surface area contributed by atoms with Gasteiger partial charge in [-0.3, -0.25) is 9.59 Å². The molecule has 2 aliphatic rings. The van der Waals surface area contributed by atoms with Crippen LogP contribution in [0.15, 0.2) is 0 Å². The van der Waals surface area contributed by atoms with Gasteiger partial charge in [-0.25, -0.2) is 0 Å². The Balaban J connectivity index is 2.18. The molecule has 2 saturated heterocycles. The SMILES string of the molecule is C[C@H](N)C(=O)N1C[C@@H]2CCCB(O)OC(=O)[C@]2(N)C1. The summed E-state index contributed by atoms with van der Waals surface area (Å²) in [4.78, 5) is 25.5. The molecule has 2 aliphatic heterocycles. The molecule has 3 atom stereocenters. The van der Waals surface area contributed by atoms with Crippen LogP contribution in [0.5, 0.6) is 0 Å². The van der Waals surface area contributed by atoms with Crippen LogP contribution in [0, 0.1) is 5.92 Å². The van der Waals surface area contributed by atoms with Crippen molar-refractivity contribution < 1.29 is 19.3 Å². The molecular weight excluding hydrogens is 249 g/mol. The fourth-order valence-electron chi connectivity index (χ4n) is 2.81. The van der Waals surface area contributed by atoms with Crippen LogP contribution in [0.3, 0.4) is 0 Å². The van der Waals surface area contributed by atoms with Crippen LogP contribution in [0.1, 0.15) is 19.8 Å². The third kappa shape index (κ3) is 2.61. The highest BCUT2D eigenvalue weighted by atomic mass is 16.6. The fourth-order valence-corrected chi connectivity index (χ4v) is 2.81. The molecule has 19 heavy (non-hydrogen) atoms. The molecule has 0 spiro atoms. The van der Waals surface area contributed by atoms with E-state index in [2.05, 4.69) is 0 Å². The van der Waals surface area contributed by atoms with E-state index in [9.17, 15) is 14.6 Å². The Morgan fingerprint density at radius 3 is 3.00 bits per heavy atom. The number of carbonyl (C=O) groups excluding carboxylic acids is 2. The zero-order valence-corrected chi connectivity index (χ0v) is 11.0. The molecule has 106 valence electrons. The molecule has 7 nitrogen and oxygen atoms in total. The number of likely N-dealkylation sites (tertiary alicyclic amines) is 1. The van der Waals surface area contributed by atoms with E-state index >= 15 is 0 Å². The molecule has 1 amide bonds. The summed E-state index contributed by atoms with van der Waals surface area (Å²) in [5.41, 5.74) is 10.5. The van der Waals surface area contributed by atoms with E-state index < -0.39 is 24.7 Å². The normalized spacial score (nSPS) is 33.3. The van der Waals surface area contributed by atoms with Crippen molar-refractivity contribution in [3.63, 3.8) is 0 Å². The summed E-state index contributed by atoms with van der Waals surface area (Å²) >= 11 is 0. The first-order valence-electron chi connectivity index (χ1n) is 6.57. The van der Waals surface area contributed by atoms with E-state index in [0.29, 0.717) is 25.7 Å². The summed E-state index contributed by atoms with van der Waals surface area (Å²) < 4.78 is 4.92. The molecule has 8 heteroatoms. The molecule has 0 bridgehead atoms. The maximum absolute atomic E-state index is 12.0. The van der Waals surface area contributed by atoms with Crippen molar-refractivity contribution in [1.29, 1.82) is 0 Å². The first-order valence-corrected chi connectivity index (χ1v) is 6.57. The summed E-state index contributed by atoms with van der Waals surface area (Å²) in [6.07, 6.45) is 1.79. The van der Waals surface area contributed by atoms with Crippen molar-refractivity contribution in [3.05, 3.63) is 0 Å². The van der Waals surface area contributed by atoms with Crippen molar-refractivity contribution >= 4 is 19.0 Å². The number of carbonyl (C=O) groups is 2. The molecule has 0 aromatic rings.